The highest BCUT2D eigenvalue weighted by molar-refractivity contribution is 8.00. The summed E-state index contributed by atoms with van der Waals surface area (Å²) in [6.07, 6.45) is 17.3. The molecule has 1 aromatic rings. The van der Waals surface area contributed by atoms with Crippen molar-refractivity contribution in [1.82, 2.24) is 0 Å². The molecule has 5 heteroatoms. The van der Waals surface area contributed by atoms with Crippen LogP contribution in [-0.4, -0.2) is 45.5 Å². The lowest BCUT2D eigenvalue weighted by Crippen LogP contribution is -2.48. The van der Waals surface area contributed by atoms with Gasteiger partial charge in [0.15, 0.2) is 0 Å². The molecule has 1 aliphatic rings. The first-order valence-corrected chi connectivity index (χ1v) is 17.0. The number of aliphatic hydroxyl groups excluding tert-OH is 1. The molecule has 2 rings (SSSR count). The van der Waals surface area contributed by atoms with Crippen LogP contribution in [0.3, 0.4) is 0 Å². The minimum Gasteiger partial charge on any atom is -0.466 e. The van der Waals surface area contributed by atoms with Crippen molar-refractivity contribution >= 4 is 17.7 Å². The summed E-state index contributed by atoms with van der Waals surface area (Å²) in [6.45, 7) is 9.01. The van der Waals surface area contributed by atoms with Gasteiger partial charge in [-0.2, -0.15) is 11.8 Å². The summed E-state index contributed by atoms with van der Waals surface area (Å²) in [5.41, 5.74) is -0.0566. The molecule has 0 heterocycles. The van der Waals surface area contributed by atoms with E-state index in [1.54, 1.807) is 0 Å². The van der Waals surface area contributed by atoms with Gasteiger partial charge < -0.3 is 14.9 Å². The Balaban J connectivity index is 1.57. The summed E-state index contributed by atoms with van der Waals surface area (Å²) < 4.78 is 5.41. The quantitative estimate of drug-likeness (QED) is 0.116. The fourth-order valence-corrected chi connectivity index (χ4v) is 7.48. The molecule has 0 aliphatic heterocycles. The van der Waals surface area contributed by atoms with Crippen LogP contribution in [0.5, 0.6) is 0 Å². The van der Waals surface area contributed by atoms with Crippen molar-refractivity contribution in [2.45, 2.75) is 153 Å². The minimum absolute atomic E-state index is 0.0499. The number of aliphatic hydroxyl groups is 2. The fraction of sp³-hybridized carbons (Fsp3) is 0.794. The Morgan fingerprint density at radius 2 is 1.51 bits per heavy atom. The number of esters is 1. The second-order valence-electron chi connectivity index (χ2n) is 12.6. The van der Waals surface area contributed by atoms with E-state index in [9.17, 15) is 15.0 Å². The summed E-state index contributed by atoms with van der Waals surface area (Å²) in [6, 6.07) is 10.3. The Hall–Kier alpha value is -1.04. The van der Waals surface area contributed by atoms with Crippen molar-refractivity contribution in [2.24, 2.45) is 5.92 Å². The van der Waals surface area contributed by atoms with E-state index in [4.69, 9.17) is 4.74 Å². The summed E-state index contributed by atoms with van der Waals surface area (Å²) >= 11 is 1.84. The number of ether oxygens (including phenoxy) is 1. The SMILES string of the molecule is CCCCCCCCCCOC(=O)CCCCCCC1C(O)CCC1SCC(C)(O)C(C)(C)c1ccccc1. The van der Waals surface area contributed by atoms with Gasteiger partial charge in [0.1, 0.15) is 0 Å². The third-order valence-electron chi connectivity index (χ3n) is 9.07. The van der Waals surface area contributed by atoms with Gasteiger partial charge in [0.25, 0.3) is 0 Å². The third kappa shape index (κ3) is 12.2. The Morgan fingerprint density at radius 3 is 2.21 bits per heavy atom. The van der Waals surface area contributed by atoms with E-state index >= 15 is 0 Å². The first-order valence-electron chi connectivity index (χ1n) is 15.9. The zero-order valence-corrected chi connectivity index (χ0v) is 26.3. The molecular weight excluding hydrogens is 504 g/mol. The number of hydrogen-bond donors (Lipinski definition) is 2. The van der Waals surface area contributed by atoms with E-state index in [1.165, 1.54) is 38.5 Å². The third-order valence-corrected chi connectivity index (χ3v) is 10.8. The molecule has 224 valence electrons. The summed E-state index contributed by atoms with van der Waals surface area (Å²) in [5.74, 6) is 0.900. The van der Waals surface area contributed by atoms with E-state index in [2.05, 4.69) is 32.9 Å². The van der Waals surface area contributed by atoms with Gasteiger partial charge in [-0.15, -0.1) is 0 Å². The molecule has 1 saturated carbocycles. The molecule has 0 spiro atoms. The maximum absolute atomic E-state index is 12.0. The van der Waals surface area contributed by atoms with Gasteiger partial charge >= 0.3 is 5.97 Å². The fourth-order valence-electron chi connectivity index (χ4n) is 5.71. The van der Waals surface area contributed by atoms with Crippen molar-refractivity contribution in [1.29, 1.82) is 0 Å². The monoisotopic (exact) mass is 562 g/mol. The molecule has 0 amide bonds. The highest BCUT2D eigenvalue weighted by Crippen LogP contribution is 2.43. The van der Waals surface area contributed by atoms with Crippen LogP contribution in [0.15, 0.2) is 30.3 Å². The van der Waals surface area contributed by atoms with E-state index in [0.29, 0.717) is 29.9 Å². The molecule has 0 radical (unpaired) electrons. The molecule has 4 unspecified atom stereocenters. The van der Waals surface area contributed by atoms with Gasteiger partial charge in [-0.3, -0.25) is 4.79 Å². The molecule has 1 fully saturated rings. The zero-order valence-electron chi connectivity index (χ0n) is 25.5. The van der Waals surface area contributed by atoms with Gasteiger partial charge in [0.2, 0.25) is 0 Å². The molecule has 0 bridgehead atoms. The molecule has 1 aliphatic carbocycles. The first-order chi connectivity index (χ1) is 18.7. The Bertz CT molecular complexity index is 779. The molecule has 39 heavy (non-hydrogen) atoms. The normalized spacial score (nSPS) is 21.1. The second-order valence-corrected chi connectivity index (χ2v) is 13.8. The lowest BCUT2D eigenvalue weighted by molar-refractivity contribution is -0.143. The lowest BCUT2D eigenvalue weighted by atomic mass is 9.72. The van der Waals surface area contributed by atoms with Crippen LogP contribution in [0.1, 0.15) is 136 Å². The molecule has 0 saturated heterocycles. The highest BCUT2D eigenvalue weighted by atomic mass is 32.2. The zero-order chi connectivity index (χ0) is 28.6. The average Bonchev–Trinajstić information content (AvgIpc) is 3.27. The number of rotatable bonds is 21. The Kier molecular flexibility index (Phi) is 16.1. The van der Waals surface area contributed by atoms with E-state index in [0.717, 1.165) is 63.4 Å². The largest absolute Gasteiger partial charge is 0.466 e. The molecule has 1 aromatic carbocycles. The van der Waals surface area contributed by atoms with Crippen molar-refractivity contribution in [3.8, 4) is 0 Å². The maximum atomic E-state index is 12.0. The average molecular weight is 563 g/mol. The number of carbonyl (C=O) groups is 1. The number of hydrogen-bond acceptors (Lipinski definition) is 5. The second kappa shape index (κ2) is 18.4. The number of carbonyl (C=O) groups excluding carboxylic acids is 1. The predicted octanol–water partition coefficient (Wildman–Crippen LogP) is 8.61. The van der Waals surface area contributed by atoms with E-state index in [-0.39, 0.29) is 17.5 Å². The van der Waals surface area contributed by atoms with Crippen LogP contribution >= 0.6 is 11.8 Å². The smallest absolute Gasteiger partial charge is 0.305 e. The van der Waals surface area contributed by atoms with Crippen LogP contribution in [0.4, 0.5) is 0 Å². The summed E-state index contributed by atoms with van der Waals surface area (Å²) in [4.78, 5) is 12.0. The molecule has 2 N–H and O–H groups in total. The summed E-state index contributed by atoms with van der Waals surface area (Å²) in [5, 5.41) is 22.5. The minimum atomic E-state index is -0.847. The molecule has 4 nitrogen and oxygen atoms in total. The first kappa shape index (κ1) is 34.2. The maximum Gasteiger partial charge on any atom is 0.305 e. The van der Waals surface area contributed by atoms with Crippen LogP contribution in [-0.2, 0) is 14.9 Å². The van der Waals surface area contributed by atoms with Gasteiger partial charge in [-0.05, 0) is 50.5 Å². The van der Waals surface area contributed by atoms with Gasteiger partial charge in [-0.1, -0.05) is 115 Å². The van der Waals surface area contributed by atoms with E-state index < -0.39 is 5.60 Å². The number of unbranched alkanes of at least 4 members (excludes halogenated alkanes) is 10. The van der Waals surface area contributed by atoms with Gasteiger partial charge in [0.05, 0.1) is 18.3 Å². The van der Waals surface area contributed by atoms with Gasteiger partial charge in [-0.25, -0.2) is 0 Å². The molecular formula is C34H58O4S. The van der Waals surface area contributed by atoms with Crippen molar-refractivity contribution < 1.29 is 19.7 Å². The predicted molar refractivity (Wildman–Crippen MR) is 166 cm³/mol. The highest BCUT2D eigenvalue weighted by Gasteiger charge is 2.43. The number of thioether (sulfide) groups is 1. The van der Waals surface area contributed by atoms with Crippen molar-refractivity contribution in [3.63, 3.8) is 0 Å². The molecule has 4 atom stereocenters. The van der Waals surface area contributed by atoms with Gasteiger partial charge in [0, 0.05) is 22.8 Å². The topological polar surface area (TPSA) is 66.8 Å². The van der Waals surface area contributed by atoms with Crippen molar-refractivity contribution in [3.05, 3.63) is 35.9 Å². The standard InChI is InChI=1S/C34H58O4S/c1-5-6-7-8-9-10-13-19-26-38-32(36)23-18-12-11-17-22-29-30(35)24-25-31(29)39-27-34(4,37)33(2,3)28-20-15-14-16-21-28/h14-16,20-21,29-31,35,37H,5-13,17-19,22-27H2,1-4H3. The lowest BCUT2D eigenvalue weighted by Gasteiger charge is -2.41. The van der Waals surface area contributed by atoms with Crippen LogP contribution < -0.4 is 0 Å². The Morgan fingerprint density at radius 1 is 0.897 bits per heavy atom. The van der Waals surface area contributed by atoms with Crippen LogP contribution in [0, 0.1) is 5.92 Å². The van der Waals surface area contributed by atoms with Crippen molar-refractivity contribution in [2.75, 3.05) is 12.4 Å². The van der Waals surface area contributed by atoms with Crippen LogP contribution in [0.2, 0.25) is 0 Å². The van der Waals surface area contributed by atoms with Crippen LogP contribution in [0.25, 0.3) is 0 Å². The Labute approximate surface area is 244 Å². The molecule has 0 aromatic heterocycles. The van der Waals surface area contributed by atoms with E-state index in [1.807, 2.05) is 36.9 Å². The number of benzene rings is 1. The summed E-state index contributed by atoms with van der Waals surface area (Å²) in [7, 11) is 0.